The summed E-state index contributed by atoms with van der Waals surface area (Å²) >= 11 is 0. The van der Waals surface area contributed by atoms with Crippen molar-refractivity contribution in [2.24, 2.45) is 0 Å². The number of aromatic nitrogens is 2. The second kappa shape index (κ2) is 10.6. The van der Waals surface area contributed by atoms with Gasteiger partial charge in [0.25, 0.3) is 0 Å². The molecule has 0 unspecified atom stereocenters. The monoisotopic (exact) mass is 615 g/mol. The van der Waals surface area contributed by atoms with Gasteiger partial charge in [-0.15, -0.1) is 0 Å². The molecule has 2 heterocycles. The van der Waals surface area contributed by atoms with Gasteiger partial charge in [0.05, 0.1) is 28.9 Å². The SMILES string of the molecule is [2H]c1c([2H])c([2H])c(-c2ccc(-c3ccc4c(c3)c3cc5c6ccccc6n(-c6ccccc6)c5cc3n4-c3ccccc3)c3ccccc23)c([2H])c1[2H]. The molecule has 0 aliphatic carbocycles. The Labute approximate surface area is 285 Å². The zero-order valence-corrected chi connectivity index (χ0v) is 25.8. The smallest absolute Gasteiger partial charge is 0.0629 e. The molecule has 0 bridgehead atoms. The topological polar surface area (TPSA) is 9.86 Å². The van der Waals surface area contributed by atoms with Crippen molar-refractivity contribution in [2.75, 3.05) is 0 Å². The van der Waals surface area contributed by atoms with Crippen LogP contribution in [0.5, 0.6) is 0 Å². The summed E-state index contributed by atoms with van der Waals surface area (Å²) in [6.07, 6.45) is 0. The van der Waals surface area contributed by atoms with Crippen LogP contribution in [-0.2, 0) is 0 Å². The van der Waals surface area contributed by atoms with Crippen LogP contribution in [0.15, 0.2) is 182 Å². The van der Waals surface area contributed by atoms with Gasteiger partial charge in [-0.1, -0.05) is 127 Å². The Balaban J connectivity index is 1.26. The molecule has 0 N–H and O–H groups in total. The van der Waals surface area contributed by atoms with E-state index in [-0.39, 0.29) is 29.7 Å². The minimum Gasteiger partial charge on any atom is -0.309 e. The Bertz CT molecular complexity index is 3080. The van der Waals surface area contributed by atoms with E-state index in [1.807, 2.05) is 48.5 Å². The quantitative estimate of drug-likeness (QED) is 0.186. The summed E-state index contributed by atoms with van der Waals surface area (Å²) in [7, 11) is 0. The first-order valence-electron chi connectivity index (χ1n) is 18.6. The minimum atomic E-state index is -0.394. The molecule has 0 fully saturated rings. The Morgan fingerprint density at radius 1 is 0.333 bits per heavy atom. The molecule has 0 aliphatic heterocycles. The van der Waals surface area contributed by atoms with E-state index in [0.717, 1.165) is 66.1 Å². The van der Waals surface area contributed by atoms with E-state index in [2.05, 4.69) is 112 Å². The number of para-hydroxylation sites is 3. The molecule has 0 radical (unpaired) electrons. The lowest BCUT2D eigenvalue weighted by Crippen LogP contribution is -1.95. The molecule has 48 heavy (non-hydrogen) atoms. The molecular weight excluding hydrogens is 581 g/mol. The van der Waals surface area contributed by atoms with Crippen LogP contribution in [0, 0.1) is 0 Å². The van der Waals surface area contributed by atoms with E-state index in [1.165, 1.54) is 10.8 Å². The largest absolute Gasteiger partial charge is 0.309 e. The Morgan fingerprint density at radius 2 is 0.833 bits per heavy atom. The zero-order valence-electron chi connectivity index (χ0n) is 30.8. The lowest BCUT2D eigenvalue weighted by Gasteiger charge is -2.13. The molecule has 2 heteroatoms. The fourth-order valence-corrected chi connectivity index (χ4v) is 7.51. The molecule has 0 saturated carbocycles. The molecule has 0 amide bonds. The van der Waals surface area contributed by atoms with Gasteiger partial charge in [0.15, 0.2) is 0 Å². The summed E-state index contributed by atoms with van der Waals surface area (Å²) in [5, 5.41) is 6.41. The van der Waals surface area contributed by atoms with E-state index < -0.39 is 6.04 Å². The number of nitrogens with zero attached hydrogens (tertiary/aromatic N) is 2. The third kappa shape index (κ3) is 4.00. The van der Waals surface area contributed by atoms with Gasteiger partial charge in [-0.05, 0) is 87.6 Å². The zero-order chi connectivity index (χ0) is 36.0. The molecule has 0 atom stereocenters. The van der Waals surface area contributed by atoms with E-state index >= 15 is 0 Å². The fourth-order valence-electron chi connectivity index (χ4n) is 7.51. The molecule has 0 aliphatic rings. The fraction of sp³-hybridized carbons (Fsp3) is 0. The highest BCUT2D eigenvalue weighted by molar-refractivity contribution is 6.20. The Hall–Kier alpha value is -6.38. The Kier molecular flexibility index (Phi) is 4.89. The summed E-state index contributed by atoms with van der Waals surface area (Å²) in [5.74, 6) is 0. The van der Waals surface area contributed by atoms with Crippen LogP contribution in [0.25, 0.3) is 88.0 Å². The van der Waals surface area contributed by atoms with Crippen LogP contribution in [0.1, 0.15) is 6.85 Å². The molecule has 2 aromatic heterocycles. The van der Waals surface area contributed by atoms with Crippen molar-refractivity contribution in [1.82, 2.24) is 9.13 Å². The van der Waals surface area contributed by atoms with Crippen molar-refractivity contribution in [3.63, 3.8) is 0 Å². The molecule has 10 aromatic rings. The van der Waals surface area contributed by atoms with Crippen LogP contribution >= 0.6 is 0 Å². The number of fused-ring (bicyclic) bond motifs is 7. The van der Waals surface area contributed by atoms with Crippen LogP contribution in [0.2, 0.25) is 0 Å². The predicted octanol–water partition coefficient (Wildman–Crippen LogP) is 12.4. The molecule has 0 spiro atoms. The average molecular weight is 616 g/mol. The average Bonchev–Trinajstić information content (AvgIpc) is 3.70. The highest BCUT2D eigenvalue weighted by atomic mass is 15.0. The van der Waals surface area contributed by atoms with Crippen molar-refractivity contribution in [3.05, 3.63) is 182 Å². The summed E-state index contributed by atoms with van der Waals surface area (Å²) in [5.41, 5.74) is 9.54. The van der Waals surface area contributed by atoms with Gasteiger partial charge in [0.2, 0.25) is 0 Å². The lowest BCUT2D eigenvalue weighted by molar-refractivity contribution is 1.16. The van der Waals surface area contributed by atoms with Crippen molar-refractivity contribution < 1.29 is 6.85 Å². The van der Waals surface area contributed by atoms with Crippen molar-refractivity contribution in [2.45, 2.75) is 0 Å². The van der Waals surface area contributed by atoms with Crippen LogP contribution in [0.4, 0.5) is 0 Å². The lowest BCUT2D eigenvalue weighted by atomic mass is 9.91. The van der Waals surface area contributed by atoms with Gasteiger partial charge in [-0.25, -0.2) is 0 Å². The van der Waals surface area contributed by atoms with Crippen LogP contribution < -0.4 is 0 Å². The van der Waals surface area contributed by atoms with Gasteiger partial charge >= 0.3 is 0 Å². The van der Waals surface area contributed by atoms with E-state index in [1.54, 1.807) is 0 Å². The maximum absolute atomic E-state index is 8.69. The van der Waals surface area contributed by atoms with E-state index in [4.69, 9.17) is 6.85 Å². The van der Waals surface area contributed by atoms with Gasteiger partial charge < -0.3 is 9.13 Å². The molecule has 8 aromatic carbocycles. The van der Waals surface area contributed by atoms with Crippen molar-refractivity contribution in [3.8, 4) is 33.6 Å². The number of hydrogen-bond acceptors (Lipinski definition) is 0. The highest BCUT2D eigenvalue weighted by Gasteiger charge is 2.19. The number of rotatable bonds is 4. The molecule has 224 valence electrons. The van der Waals surface area contributed by atoms with E-state index in [0.29, 0.717) is 5.56 Å². The normalized spacial score (nSPS) is 13.2. The summed E-state index contributed by atoms with van der Waals surface area (Å²) in [6, 6.07) is 51.2. The third-order valence-electron chi connectivity index (χ3n) is 9.59. The first-order chi connectivity index (χ1) is 25.9. The van der Waals surface area contributed by atoms with Crippen molar-refractivity contribution >= 4 is 54.4 Å². The molecule has 10 rings (SSSR count). The maximum atomic E-state index is 8.69. The van der Waals surface area contributed by atoms with E-state index in [9.17, 15) is 0 Å². The summed E-state index contributed by atoms with van der Waals surface area (Å²) in [6.45, 7) is 0. The van der Waals surface area contributed by atoms with Gasteiger partial charge in [0, 0.05) is 32.9 Å². The van der Waals surface area contributed by atoms with Gasteiger partial charge in [-0.2, -0.15) is 0 Å². The number of benzene rings is 8. The Morgan fingerprint density at radius 3 is 1.48 bits per heavy atom. The first-order valence-corrected chi connectivity index (χ1v) is 16.1. The summed E-state index contributed by atoms with van der Waals surface area (Å²) in [4.78, 5) is 0. The first kappa shape index (κ1) is 22.2. The van der Waals surface area contributed by atoms with Gasteiger partial charge in [-0.3, -0.25) is 0 Å². The highest BCUT2D eigenvalue weighted by Crippen LogP contribution is 2.42. The third-order valence-corrected chi connectivity index (χ3v) is 9.59. The second-order valence-corrected chi connectivity index (χ2v) is 12.2. The molecule has 0 saturated heterocycles. The van der Waals surface area contributed by atoms with Gasteiger partial charge in [0.1, 0.15) is 0 Å². The standard InChI is InChI=1S/C46H30N2/c1-4-14-31(15-5-1)35-25-26-36(38-21-11-10-20-37(35)38)32-24-27-44-40(28-32)42-29-41-39-22-12-13-23-43(39)47(33-16-6-2-7-17-33)45(41)30-46(42)48(44)34-18-8-3-9-19-34/h1-30H/i1D,4D,5D,14D,15D. The minimum absolute atomic E-state index is 0.205. The maximum Gasteiger partial charge on any atom is 0.0629 e. The van der Waals surface area contributed by atoms with Crippen LogP contribution in [-0.4, -0.2) is 9.13 Å². The number of hydrogen-bond donors (Lipinski definition) is 0. The van der Waals surface area contributed by atoms with Crippen LogP contribution in [0.3, 0.4) is 0 Å². The predicted molar refractivity (Wildman–Crippen MR) is 203 cm³/mol. The van der Waals surface area contributed by atoms with Crippen molar-refractivity contribution in [1.29, 1.82) is 0 Å². The molecule has 2 nitrogen and oxygen atoms in total. The molecular formula is C46H30N2. The second-order valence-electron chi connectivity index (χ2n) is 12.2. The summed E-state index contributed by atoms with van der Waals surface area (Å²) < 4.78 is 46.8.